The van der Waals surface area contributed by atoms with Crippen LogP contribution in [0.1, 0.15) is 29.8 Å². The van der Waals surface area contributed by atoms with Gasteiger partial charge in [-0.2, -0.15) is 24.9 Å². The van der Waals surface area contributed by atoms with Crippen LogP contribution in [0.4, 0.5) is 13.2 Å². The number of nitrogens with zero attached hydrogens (tertiary/aromatic N) is 1. The van der Waals surface area contributed by atoms with Gasteiger partial charge in [-0.1, -0.05) is 17.7 Å². The molecule has 1 aromatic heterocycles. The number of carbonyl (C=O) groups is 1. The zero-order valence-electron chi connectivity index (χ0n) is 15.2. The lowest BCUT2D eigenvalue weighted by Crippen LogP contribution is -2.45. The molecule has 1 N–H and O–H groups in total. The Labute approximate surface area is 183 Å². The van der Waals surface area contributed by atoms with Gasteiger partial charge in [0.15, 0.2) is 0 Å². The van der Waals surface area contributed by atoms with E-state index >= 15 is 0 Å². The monoisotopic (exact) mass is 544 g/mol. The van der Waals surface area contributed by atoms with Crippen molar-refractivity contribution < 1.29 is 22.7 Å². The lowest BCUT2D eigenvalue weighted by Gasteiger charge is -2.26. The fraction of sp³-hybridized carbons (Fsp3) is 0.333. The van der Waals surface area contributed by atoms with Gasteiger partial charge in [0.1, 0.15) is 10.8 Å². The number of halogens is 5. The van der Waals surface area contributed by atoms with Crippen molar-refractivity contribution in [2.75, 3.05) is 12.0 Å². The van der Waals surface area contributed by atoms with Crippen molar-refractivity contribution in [3.05, 3.63) is 50.2 Å². The van der Waals surface area contributed by atoms with Gasteiger partial charge in [0.05, 0.1) is 11.1 Å². The van der Waals surface area contributed by atoms with Gasteiger partial charge in [-0.25, -0.2) is 4.98 Å². The van der Waals surface area contributed by atoms with Crippen molar-refractivity contribution in [3.8, 4) is 11.6 Å². The molecule has 1 heterocycles. The highest BCUT2D eigenvalue weighted by molar-refractivity contribution is 14.1. The summed E-state index contributed by atoms with van der Waals surface area (Å²) in [5, 5.41) is 2.63. The third kappa shape index (κ3) is 5.90. The molecule has 28 heavy (non-hydrogen) atoms. The smallest absolute Gasteiger partial charge is 0.417 e. The van der Waals surface area contributed by atoms with E-state index < -0.39 is 17.3 Å². The van der Waals surface area contributed by atoms with Crippen LogP contribution in [-0.4, -0.2) is 28.4 Å². The second kappa shape index (κ2) is 9.08. The first-order valence-corrected chi connectivity index (χ1v) is 10.8. The number of pyridine rings is 1. The normalized spacial score (nSPS) is 12.0. The summed E-state index contributed by atoms with van der Waals surface area (Å²) in [5.74, 6) is 0.277. The van der Waals surface area contributed by atoms with Gasteiger partial charge in [0.2, 0.25) is 5.88 Å². The van der Waals surface area contributed by atoms with E-state index in [-0.39, 0.29) is 28.1 Å². The van der Waals surface area contributed by atoms with E-state index in [2.05, 4.69) is 10.3 Å². The number of alkyl halides is 3. The molecule has 0 fully saturated rings. The molecular formula is C18H17ClF3IN2O2S. The number of aromatic nitrogens is 1. The molecule has 0 aliphatic carbocycles. The van der Waals surface area contributed by atoms with Crippen molar-refractivity contribution in [2.45, 2.75) is 25.6 Å². The number of benzene rings is 1. The fourth-order valence-corrected chi connectivity index (χ4v) is 4.05. The second-order valence-corrected chi connectivity index (χ2v) is 8.93. The zero-order valence-corrected chi connectivity index (χ0v) is 18.9. The molecule has 0 saturated carbocycles. The third-order valence-corrected chi connectivity index (χ3v) is 5.68. The maximum atomic E-state index is 12.8. The molecule has 0 radical (unpaired) electrons. The minimum Gasteiger partial charge on any atom is -0.437 e. The van der Waals surface area contributed by atoms with Crippen LogP contribution in [0.15, 0.2) is 30.5 Å². The van der Waals surface area contributed by atoms with Crippen molar-refractivity contribution in [1.29, 1.82) is 0 Å². The van der Waals surface area contributed by atoms with Gasteiger partial charge < -0.3 is 10.1 Å². The van der Waals surface area contributed by atoms with Gasteiger partial charge in [-0.3, -0.25) is 4.79 Å². The molecule has 0 bridgehead atoms. The average Bonchev–Trinajstić information content (AvgIpc) is 2.55. The molecule has 0 unspecified atom stereocenters. The number of nitrogens with one attached hydrogen (secondary N) is 1. The largest absolute Gasteiger partial charge is 0.437 e. The van der Waals surface area contributed by atoms with Crippen LogP contribution < -0.4 is 10.1 Å². The Bertz CT molecular complexity index is 878. The summed E-state index contributed by atoms with van der Waals surface area (Å²) in [5.41, 5.74) is -1.18. The molecule has 2 rings (SSSR count). The fourth-order valence-electron chi connectivity index (χ4n) is 2.34. The van der Waals surface area contributed by atoms with Gasteiger partial charge in [0.25, 0.3) is 5.91 Å². The maximum absolute atomic E-state index is 12.8. The van der Waals surface area contributed by atoms with Gasteiger partial charge in [-0.15, -0.1) is 0 Å². The van der Waals surface area contributed by atoms with Crippen LogP contribution in [0.5, 0.6) is 11.6 Å². The van der Waals surface area contributed by atoms with E-state index in [0.717, 1.165) is 6.07 Å². The highest BCUT2D eigenvalue weighted by Crippen LogP contribution is 2.36. The van der Waals surface area contributed by atoms with E-state index in [1.54, 1.807) is 23.9 Å². The topological polar surface area (TPSA) is 51.2 Å². The predicted molar refractivity (Wildman–Crippen MR) is 113 cm³/mol. The minimum absolute atomic E-state index is 0.151. The van der Waals surface area contributed by atoms with Crippen molar-refractivity contribution in [1.82, 2.24) is 10.3 Å². The highest BCUT2D eigenvalue weighted by Gasteiger charge is 2.32. The molecule has 0 saturated heterocycles. The summed E-state index contributed by atoms with van der Waals surface area (Å²) in [6.45, 7) is 3.79. The molecule has 0 aliphatic rings. The first-order valence-electron chi connectivity index (χ1n) is 7.95. The number of hydrogen-bond acceptors (Lipinski definition) is 4. The first-order chi connectivity index (χ1) is 12.9. The second-order valence-electron chi connectivity index (χ2n) is 6.49. The van der Waals surface area contributed by atoms with E-state index in [0.29, 0.717) is 15.5 Å². The number of rotatable bonds is 6. The third-order valence-electron chi connectivity index (χ3n) is 3.50. The van der Waals surface area contributed by atoms with Crippen LogP contribution in [0.2, 0.25) is 5.02 Å². The SMILES string of the molecule is CSCC(C)(C)NC(=O)c1c(I)cccc1Oc1ncc(C(F)(F)F)cc1Cl. The number of carbonyl (C=O) groups excluding carboxylic acids is 1. The number of ether oxygens (including phenoxy) is 1. The summed E-state index contributed by atoms with van der Waals surface area (Å²) in [6, 6.07) is 5.66. The van der Waals surface area contributed by atoms with Gasteiger partial charge in [0, 0.05) is 21.1 Å². The molecule has 152 valence electrons. The van der Waals surface area contributed by atoms with E-state index in [9.17, 15) is 18.0 Å². The van der Waals surface area contributed by atoms with Crippen LogP contribution in [0, 0.1) is 3.57 Å². The number of amides is 1. The molecule has 2 aromatic rings. The lowest BCUT2D eigenvalue weighted by molar-refractivity contribution is -0.137. The maximum Gasteiger partial charge on any atom is 0.417 e. The van der Waals surface area contributed by atoms with Crippen LogP contribution >= 0.6 is 46.0 Å². The molecule has 1 aromatic carbocycles. The molecule has 1 amide bonds. The van der Waals surface area contributed by atoms with Crippen molar-refractivity contribution in [2.24, 2.45) is 0 Å². The van der Waals surface area contributed by atoms with Crippen LogP contribution in [-0.2, 0) is 6.18 Å². The Balaban J connectivity index is 2.36. The van der Waals surface area contributed by atoms with E-state index in [1.807, 2.05) is 42.7 Å². The minimum atomic E-state index is -4.56. The Morgan fingerprint density at radius 2 is 2.04 bits per heavy atom. The molecule has 0 spiro atoms. The van der Waals surface area contributed by atoms with Gasteiger partial charge >= 0.3 is 6.18 Å². The number of thioether (sulfide) groups is 1. The van der Waals surface area contributed by atoms with Crippen LogP contribution in [0.3, 0.4) is 0 Å². The average molecular weight is 545 g/mol. The predicted octanol–water partition coefficient (Wildman–Crippen LogP) is 6.02. The highest BCUT2D eigenvalue weighted by atomic mass is 127. The summed E-state index contributed by atoms with van der Waals surface area (Å²) < 4.78 is 44.5. The van der Waals surface area contributed by atoms with Crippen molar-refractivity contribution >= 4 is 51.9 Å². The Kier molecular flexibility index (Phi) is 7.49. The summed E-state index contributed by atoms with van der Waals surface area (Å²) in [4.78, 5) is 16.5. The standard InChI is InChI=1S/C18H17ClF3IN2O2S/c1-17(2,9-28-3)25-15(26)14-12(23)5-4-6-13(14)27-16-11(19)7-10(8-24-16)18(20,21)22/h4-8H,9H2,1-3H3,(H,25,26). The van der Waals surface area contributed by atoms with Crippen LogP contribution in [0.25, 0.3) is 0 Å². The summed E-state index contributed by atoms with van der Waals surface area (Å²) in [6.07, 6.45) is -1.99. The molecule has 4 nitrogen and oxygen atoms in total. The Morgan fingerprint density at radius 1 is 1.36 bits per heavy atom. The summed E-state index contributed by atoms with van der Waals surface area (Å²) >= 11 is 9.50. The van der Waals surface area contributed by atoms with E-state index in [4.69, 9.17) is 16.3 Å². The zero-order chi connectivity index (χ0) is 21.1. The molecule has 10 heteroatoms. The summed E-state index contributed by atoms with van der Waals surface area (Å²) in [7, 11) is 0. The van der Waals surface area contributed by atoms with Gasteiger partial charge in [-0.05, 0) is 60.9 Å². The first kappa shape index (κ1) is 23.1. The molecular weight excluding hydrogens is 528 g/mol. The quantitative estimate of drug-likeness (QED) is 0.452. The Morgan fingerprint density at radius 3 is 2.61 bits per heavy atom. The molecule has 0 aliphatic heterocycles. The van der Waals surface area contributed by atoms with Crippen molar-refractivity contribution in [3.63, 3.8) is 0 Å². The number of hydrogen-bond donors (Lipinski definition) is 1. The molecule has 0 atom stereocenters. The lowest BCUT2D eigenvalue weighted by atomic mass is 10.1. The Hall–Kier alpha value is -1.20. The van der Waals surface area contributed by atoms with E-state index in [1.165, 1.54) is 6.07 Å².